The summed E-state index contributed by atoms with van der Waals surface area (Å²) >= 11 is 0. The second-order valence-corrected chi connectivity index (χ2v) is 5.89. The monoisotopic (exact) mass is 278 g/mol. The first-order valence-electron chi connectivity index (χ1n) is 6.72. The lowest BCUT2D eigenvalue weighted by molar-refractivity contribution is -0.156. The van der Waals surface area contributed by atoms with Gasteiger partial charge in [-0.15, -0.1) is 0 Å². The minimum absolute atomic E-state index is 0.0876. The van der Waals surface area contributed by atoms with Crippen molar-refractivity contribution in [3.05, 3.63) is 35.4 Å². The van der Waals surface area contributed by atoms with E-state index in [9.17, 15) is 9.59 Å². The average Bonchev–Trinajstić information content (AvgIpc) is 2.33. The van der Waals surface area contributed by atoms with E-state index in [2.05, 4.69) is 0 Å². The van der Waals surface area contributed by atoms with Crippen molar-refractivity contribution in [3.8, 4) is 0 Å². The summed E-state index contributed by atoms with van der Waals surface area (Å²) < 4.78 is 5.36. The summed E-state index contributed by atoms with van der Waals surface area (Å²) in [6.45, 7) is 7.30. The van der Waals surface area contributed by atoms with Crippen LogP contribution in [0.5, 0.6) is 0 Å². The van der Waals surface area contributed by atoms with Gasteiger partial charge in [-0.25, -0.2) is 0 Å². The second-order valence-electron chi connectivity index (χ2n) is 5.89. The molecule has 110 valence electrons. The summed E-state index contributed by atoms with van der Waals surface area (Å²) in [6, 6.07) is 7.44. The number of esters is 1. The topological polar surface area (TPSA) is 63.6 Å². The van der Waals surface area contributed by atoms with Crippen molar-refractivity contribution in [2.75, 3.05) is 0 Å². The van der Waals surface area contributed by atoms with Crippen LogP contribution in [0.2, 0.25) is 0 Å². The molecule has 0 aliphatic carbocycles. The zero-order chi connectivity index (χ0) is 15.3. The van der Waals surface area contributed by atoms with Crippen molar-refractivity contribution in [1.29, 1.82) is 0 Å². The third-order valence-corrected chi connectivity index (χ3v) is 2.84. The van der Waals surface area contributed by atoms with Crippen LogP contribution in [0.25, 0.3) is 0 Å². The number of rotatable bonds is 5. The summed E-state index contributed by atoms with van der Waals surface area (Å²) in [4.78, 5) is 22.6. The van der Waals surface area contributed by atoms with Crippen LogP contribution in [0, 0.1) is 0 Å². The van der Waals surface area contributed by atoms with Crippen LogP contribution >= 0.6 is 0 Å². The molecule has 1 unspecified atom stereocenters. The van der Waals surface area contributed by atoms with E-state index in [1.807, 2.05) is 45.0 Å². The Kier molecular flexibility index (Phi) is 5.31. The van der Waals surface area contributed by atoms with Crippen LogP contribution in [0.1, 0.15) is 51.2 Å². The summed E-state index contributed by atoms with van der Waals surface area (Å²) in [6.07, 6.45) is 0.550. The smallest absolute Gasteiger partial charge is 0.313 e. The lowest BCUT2D eigenvalue weighted by Gasteiger charge is -2.22. The molecule has 1 aromatic rings. The number of carbonyl (C=O) groups is 2. The van der Waals surface area contributed by atoms with Crippen molar-refractivity contribution >= 4 is 11.9 Å². The number of carbonyl (C=O) groups excluding carboxylic acids is 1. The van der Waals surface area contributed by atoms with Gasteiger partial charge in [0.1, 0.15) is 5.60 Å². The van der Waals surface area contributed by atoms with E-state index in [1.165, 1.54) is 0 Å². The highest BCUT2D eigenvalue weighted by atomic mass is 16.6. The molecule has 0 bridgehead atoms. The van der Waals surface area contributed by atoms with Gasteiger partial charge in [0.15, 0.2) is 0 Å². The van der Waals surface area contributed by atoms with Gasteiger partial charge in [-0.3, -0.25) is 9.59 Å². The summed E-state index contributed by atoms with van der Waals surface area (Å²) in [5.41, 5.74) is 1.26. The Morgan fingerprint density at radius 1 is 1.30 bits per heavy atom. The Labute approximate surface area is 119 Å². The Bertz CT molecular complexity index is 485. The van der Waals surface area contributed by atoms with Crippen molar-refractivity contribution in [2.24, 2.45) is 0 Å². The van der Waals surface area contributed by atoms with Crippen LogP contribution in [-0.4, -0.2) is 22.6 Å². The van der Waals surface area contributed by atoms with Crippen LogP contribution in [0.15, 0.2) is 24.3 Å². The predicted octanol–water partition coefficient (Wildman–Crippen LogP) is 3.15. The van der Waals surface area contributed by atoms with E-state index >= 15 is 0 Å². The minimum Gasteiger partial charge on any atom is -0.481 e. The second kappa shape index (κ2) is 6.55. The maximum atomic E-state index is 12.0. The number of hydrogen-bond donors (Lipinski definition) is 1. The highest BCUT2D eigenvalue weighted by Crippen LogP contribution is 2.21. The molecule has 1 N–H and O–H groups in total. The molecule has 0 heterocycles. The Hall–Kier alpha value is -1.84. The van der Waals surface area contributed by atoms with Crippen molar-refractivity contribution in [1.82, 2.24) is 0 Å². The van der Waals surface area contributed by atoms with Gasteiger partial charge >= 0.3 is 11.9 Å². The number of aliphatic carboxylic acids is 1. The normalized spacial score (nSPS) is 12.8. The quantitative estimate of drug-likeness (QED) is 0.840. The number of carboxylic acid groups (broad SMARTS) is 1. The molecule has 0 fully saturated rings. The van der Waals surface area contributed by atoms with E-state index in [-0.39, 0.29) is 18.3 Å². The van der Waals surface area contributed by atoms with E-state index in [4.69, 9.17) is 9.84 Å². The van der Waals surface area contributed by atoms with Gasteiger partial charge in [0.05, 0.1) is 5.92 Å². The molecular weight excluding hydrogens is 256 g/mol. The molecule has 0 spiro atoms. The Morgan fingerprint density at radius 3 is 2.50 bits per heavy atom. The molecule has 1 rings (SSSR count). The van der Waals surface area contributed by atoms with Crippen molar-refractivity contribution in [2.45, 2.75) is 52.1 Å². The lowest BCUT2D eigenvalue weighted by Crippen LogP contribution is -2.26. The maximum Gasteiger partial charge on any atom is 0.313 e. The first-order valence-corrected chi connectivity index (χ1v) is 6.72. The van der Waals surface area contributed by atoms with Gasteiger partial charge in [0, 0.05) is 6.42 Å². The zero-order valence-electron chi connectivity index (χ0n) is 12.5. The van der Waals surface area contributed by atoms with Crippen molar-refractivity contribution < 1.29 is 19.4 Å². The molecular formula is C16H22O4. The van der Waals surface area contributed by atoms with E-state index < -0.39 is 11.6 Å². The first kappa shape index (κ1) is 16.2. The molecule has 20 heavy (non-hydrogen) atoms. The highest BCUT2D eigenvalue weighted by Gasteiger charge is 2.23. The van der Waals surface area contributed by atoms with Gasteiger partial charge in [-0.1, -0.05) is 24.3 Å². The molecule has 0 aromatic heterocycles. The number of hydrogen-bond acceptors (Lipinski definition) is 3. The fraction of sp³-hybridized carbons (Fsp3) is 0.500. The van der Waals surface area contributed by atoms with Crippen LogP contribution in [0.3, 0.4) is 0 Å². The number of carboxylic acids is 1. The van der Waals surface area contributed by atoms with Crippen molar-refractivity contribution in [3.63, 3.8) is 0 Å². The third-order valence-electron chi connectivity index (χ3n) is 2.84. The molecule has 0 saturated carbocycles. The molecule has 0 amide bonds. The zero-order valence-corrected chi connectivity index (χ0v) is 12.5. The standard InChI is InChI=1S/C16H22O4/c1-11(15(19)20-16(2,3)4)13-7-5-6-12(10-13)8-9-14(17)18/h5-7,10-11H,8-9H2,1-4H3,(H,17,18). The fourth-order valence-electron chi connectivity index (χ4n) is 1.80. The molecule has 4 heteroatoms. The van der Waals surface area contributed by atoms with Crippen LogP contribution in [0.4, 0.5) is 0 Å². The van der Waals surface area contributed by atoms with Gasteiger partial charge in [0.2, 0.25) is 0 Å². The molecule has 1 atom stereocenters. The lowest BCUT2D eigenvalue weighted by atomic mass is 9.97. The molecule has 0 saturated heterocycles. The summed E-state index contributed by atoms with van der Waals surface area (Å²) in [5.74, 6) is -1.46. The molecule has 1 aromatic carbocycles. The average molecular weight is 278 g/mol. The molecule has 0 aliphatic heterocycles. The molecule has 4 nitrogen and oxygen atoms in total. The Balaban J connectivity index is 2.77. The summed E-state index contributed by atoms with van der Waals surface area (Å²) in [7, 11) is 0. The van der Waals surface area contributed by atoms with Gasteiger partial charge in [0.25, 0.3) is 0 Å². The number of ether oxygens (including phenoxy) is 1. The maximum absolute atomic E-state index is 12.0. The van der Waals surface area contributed by atoms with E-state index in [0.29, 0.717) is 6.42 Å². The van der Waals surface area contributed by atoms with Crippen LogP contribution in [-0.2, 0) is 20.7 Å². The molecule has 0 radical (unpaired) electrons. The first-order chi connectivity index (χ1) is 9.19. The van der Waals surface area contributed by atoms with Crippen LogP contribution < -0.4 is 0 Å². The number of benzene rings is 1. The third kappa shape index (κ3) is 5.43. The fourth-order valence-corrected chi connectivity index (χ4v) is 1.80. The number of aryl methyl sites for hydroxylation is 1. The van der Waals surface area contributed by atoms with E-state index in [0.717, 1.165) is 11.1 Å². The van der Waals surface area contributed by atoms with Gasteiger partial charge in [-0.05, 0) is 45.2 Å². The Morgan fingerprint density at radius 2 is 1.95 bits per heavy atom. The SMILES string of the molecule is CC(C(=O)OC(C)(C)C)c1cccc(CCC(=O)O)c1. The highest BCUT2D eigenvalue weighted by molar-refractivity contribution is 5.78. The largest absolute Gasteiger partial charge is 0.481 e. The van der Waals surface area contributed by atoms with E-state index in [1.54, 1.807) is 6.92 Å². The van der Waals surface area contributed by atoms with Gasteiger partial charge < -0.3 is 9.84 Å². The van der Waals surface area contributed by atoms with Gasteiger partial charge in [-0.2, -0.15) is 0 Å². The predicted molar refractivity (Wildman–Crippen MR) is 76.7 cm³/mol. The minimum atomic E-state index is -0.824. The molecule has 0 aliphatic rings. The summed E-state index contributed by atoms with van der Waals surface area (Å²) in [5, 5.41) is 8.69.